The summed E-state index contributed by atoms with van der Waals surface area (Å²) in [5, 5.41) is 3.35. The van der Waals surface area contributed by atoms with Crippen molar-refractivity contribution in [2.75, 3.05) is 7.11 Å². The fraction of sp³-hybridized carbons (Fsp3) is 0.333. The Kier molecular flexibility index (Phi) is 4.86. The molecule has 0 aliphatic heterocycles. The van der Waals surface area contributed by atoms with Crippen molar-refractivity contribution in [1.29, 1.82) is 0 Å². The minimum Gasteiger partial charge on any atom is -0.469 e. The number of methoxy groups -OCH3 is 1. The van der Waals surface area contributed by atoms with Gasteiger partial charge in [-0.15, -0.1) is 22.7 Å². The first-order valence-corrected chi connectivity index (χ1v) is 7.20. The van der Waals surface area contributed by atoms with Gasteiger partial charge in [-0.1, -0.05) is 0 Å². The monoisotopic (exact) mass is 282 g/mol. The Hall–Kier alpha value is -1.24. The van der Waals surface area contributed by atoms with E-state index in [1.807, 2.05) is 23.8 Å². The molecule has 0 unspecified atom stereocenters. The number of ether oxygens (including phenoxy) is 1. The lowest BCUT2D eigenvalue weighted by atomic mass is 10.3. The van der Waals surface area contributed by atoms with Gasteiger partial charge >= 0.3 is 5.97 Å². The molecule has 0 bridgehead atoms. The number of hydrogen-bond acceptors (Lipinski definition) is 6. The van der Waals surface area contributed by atoms with Crippen LogP contribution in [0.4, 0.5) is 0 Å². The summed E-state index contributed by atoms with van der Waals surface area (Å²) in [6, 6.07) is 4.02. The Morgan fingerprint density at radius 2 is 2.11 bits per heavy atom. The van der Waals surface area contributed by atoms with Crippen molar-refractivity contribution >= 4 is 28.6 Å². The second-order valence-electron chi connectivity index (χ2n) is 3.69. The molecule has 0 amide bonds. The number of thiophene rings is 1. The number of aromatic nitrogens is 1. The highest BCUT2D eigenvalue weighted by atomic mass is 32.1. The van der Waals surface area contributed by atoms with Crippen LogP contribution >= 0.6 is 22.7 Å². The minimum absolute atomic E-state index is 0.194. The molecule has 0 fully saturated rings. The summed E-state index contributed by atoms with van der Waals surface area (Å²) in [4.78, 5) is 18.6. The van der Waals surface area contributed by atoms with Crippen molar-refractivity contribution in [2.45, 2.75) is 19.5 Å². The van der Waals surface area contributed by atoms with Crippen LogP contribution in [0, 0.1) is 0 Å². The van der Waals surface area contributed by atoms with Crippen LogP contribution < -0.4 is 5.32 Å². The Bertz CT molecular complexity index is 494. The van der Waals surface area contributed by atoms with Crippen molar-refractivity contribution in [3.8, 4) is 0 Å². The van der Waals surface area contributed by atoms with E-state index in [1.54, 1.807) is 22.7 Å². The molecule has 4 nitrogen and oxygen atoms in total. The van der Waals surface area contributed by atoms with E-state index >= 15 is 0 Å². The number of hydrogen-bond donors (Lipinski definition) is 1. The zero-order valence-electron chi connectivity index (χ0n) is 10.0. The lowest BCUT2D eigenvalue weighted by molar-refractivity contribution is -0.139. The number of nitrogens with one attached hydrogen (secondary N) is 1. The number of thiazole rings is 1. The fourth-order valence-electron chi connectivity index (χ4n) is 1.47. The second kappa shape index (κ2) is 6.63. The van der Waals surface area contributed by atoms with Gasteiger partial charge in [0.25, 0.3) is 0 Å². The number of esters is 1. The highest BCUT2D eigenvalue weighted by molar-refractivity contribution is 7.12. The van der Waals surface area contributed by atoms with Crippen molar-refractivity contribution in [1.82, 2.24) is 10.3 Å². The summed E-state index contributed by atoms with van der Waals surface area (Å²) in [5.41, 5.74) is 1.83. The molecule has 2 aromatic rings. The maximum absolute atomic E-state index is 11.1. The van der Waals surface area contributed by atoms with Gasteiger partial charge in [-0.05, 0) is 12.1 Å². The molecule has 2 rings (SSSR count). The molecule has 0 saturated heterocycles. The van der Waals surface area contributed by atoms with Crippen LogP contribution in [-0.4, -0.2) is 18.1 Å². The number of nitrogens with zero attached hydrogens (tertiary/aromatic N) is 1. The summed E-state index contributed by atoms with van der Waals surface area (Å²) in [6.07, 6.45) is 2.23. The van der Waals surface area contributed by atoms with E-state index in [0.717, 1.165) is 18.0 Å². The van der Waals surface area contributed by atoms with Crippen LogP contribution in [0.3, 0.4) is 0 Å². The van der Waals surface area contributed by atoms with Gasteiger partial charge in [0.2, 0.25) is 0 Å². The van der Waals surface area contributed by atoms with Gasteiger partial charge in [0, 0.05) is 33.9 Å². The van der Waals surface area contributed by atoms with Crippen LogP contribution in [0.2, 0.25) is 0 Å². The fourth-order valence-corrected chi connectivity index (χ4v) is 3.00. The van der Waals surface area contributed by atoms with E-state index in [1.165, 1.54) is 16.9 Å². The summed E-state index contributed by atoms with van der Waals surface area (Å²) in [6.45, 7) is 1.64. The molecule has 0 spiro atoms. The van der Waals surface area contributed by atoms with Crippen LogP contribution in [0.1, 0.15) is 14.6 Å². The van der Waals surface area contributed by atoms with Gasteiger partial charge in [0.05, 0.1) is 19.0 Å². The van der Waals surface area contributed by atoms with Gasteiger partial charge in [0.15, 0.2) is 0 Å². The smallest absolute Gasteiger partial charge is 0.310 e. The lowest BCUT2D eigenvalue weighted by Gasteiger charge is -1.99. The van der Waals surface area contributed by atoms with Crippen LogP contribution in [0.5, 0.6) is 0 Å². The molecule has 6 heteroatoms. The Balaban J connectivity index is 1.78. The molecule has 96 valence electrons. The average molecular weight is 282 g/mol. The SMILES string of the molecule is COC(=O)Cc1ccc(CNCc2cncs2)s1. The molecule has 2 aromatic heterocycles. The lowest BCUT2D eigenvalue weighted by Crippen LogP contribution is -2.10. The molecular weight excluding hydrogens is 268 g/mol. The normalized spacial score (nSPS) is 10.5. The molecular formula is C12H14N2O2S2. The zero-order valence-corrected chi connectivity index (χ0v) is 11.6. The Labute approximate surface area is 114 Å². The molecule has 0 saturated carbocycles. The number of carbonyl (C=O) groups is 1. The van der Waals surface area contributed by atoms with Crippen LogP contribution in [0.15, 0.2) is 23.8 Å². The maximum atomic E-state index is 11.1. The van der Waals surface area contributed by atoms with E-state index in [0.29, 0.717) is 6.42 Å². The molecule has 0 aliphatic rings. The Morgan fingerprint density at radius 1 is 1.33 bits per heavy atom. The van der Waals surface area contributed by atoms with Crippen LogP contribution in [0.25, 0.3) is 0 Å². The first kappa shape index (κ1) is 13.2. The maximum Gasteiger partial charge on any atom is 0.310 e. The number of carbonyl (C=O) groups excluding carboxylic acids is 1. The van der Waals surface area contributed by atoms with Gasteiger partial charge in [-0.2, -0.15) is 0 Å². The van der Waals surface area contributed by atoms with Crippen LogP contribution in [-0.2, 0) is 29.0 Å². The topological polar surface area (TPSA) is 51.2 Å². The summed E-state index contributed by atoms with van der Waals surface area (Å²) >= 11 is 3.28. The molecule has 18 heavy (non-hydrogen) atoms. The zero-order chi connectivity index (χ0) is 12.8. The van der Waals surface area contributed by atoms with E-state index in [4.69, 9.17) is 0 Å². The average Bonchev–Trinajstić information content (AvgIpc) is 3.01. The molecule has 0 aliphatic carbocycles. The van der Waals surface area contributed by atoms with Crippen molar-refractivity contribution in [3.63, 3.8) is 0 Å². The molecule has 0 atom stereocenters. The predicted octanol–water partition coefficient (Wildman–Crippen LogP) is 2.21. The standard InChI is InChI=1S/C12H14N2O2S2/c1-16-12(15)4-9-2-3-10(18-9)5-13-6-11-7-14-8-17-11/h2-3,7-8,13H,4-6H2,1H3. The van der Waals surface area contributed by atoms with E-state index in [9.17, 15) is 4.79 Å². The highest BCUT2D eigenvalue weighted by Gasteiger charge is 2.06. The van der Waals surface area contributed by atoms with Crippen molar-refractivity contribution in [3.05, 3.63) is 38.5 Å². The summed E-state index contributed by atoms with van der Waals surface area (Å²) in [5.74, 6) is -0.194. The van der Waals surface area contributed by atoms with Gasteiger partial charge in [-0.25, -0.2) is 0 Å². The van der Waals surface area contributed by atoms with Crippen molar-refractivity contribution < 1.29 is 9.53 Å². The molecule has 1 N–H and O–H groups in total. The third kappa shape index (κ3) is 3.90. The summed E-state index contributed by atoms with van der Waals surface area (Å²) < 4.78 is 4.64. The third-order valence-corrected chi connectivity index (χ3v) is 4.21. The highest BCUT2D eigenvalue weighted by Crippen LogP contribution is 2.17. The first-order valence-electron chi connectivity index (χ1n) is 5.50. The first-order chi connectivity index (χ1) is 8.78. The Morgan fingerprint density at radius 3 is 2.83 bits per heavy atom. The minimum atomic E-state index is -0.194. The van der Waals surface area contributed by atoms with Gasteiger partial charge in [-0.3, -0.25) is 9.78 Å². The predicted molar refractivity (Wildman–Crippen MR) is 72.7 cm³/mol. The van der Waals surface area contributed by atoms with Gasteiger partial charge < -0.3 is 10.1 Å². The van der Waals surface area contributed by atoms with E-state index in [-0.39, 0.29) is 5.97 Å². The largest absolute Gasteiger partial charge is 0.469 e. The molecule has 0 aromatic carbocycles. The summed E-state index contributed by atoms with van der Waals surface area (Å²) in [7, 11) is 1.41. The van der Waals surface area contributed by atoms with E-state index < -0.39 is 0 Å². The van der Waals surface area contributed by atoms with Gasteiger partial charge in [0.1, 0.15) is 0 Å². The van der Waals surface area contributed by atoms with E-state index in [2.05, 4.69) is 15.0 Å². The molecule has 0 radical (unpaired) electrons. The molecule has 2 heterocycles. The second-order valence-corrected chi connectivity index (χ2v) is 5.92. The third-order valence-electron chi connectivity index (χ3n) is 2.35. The van der Waals surface area contributed by atoms with Crippen molar-refractivity contribution in [2.24, 2.45) is 0 Å². The number of rotatable bonds is 6. The quantitative estimate of drug-likeness (QED) is 0.825.